The van der Waals surface area contributed by atoms with Gasteiger partial charge in [-0.2, -0.15) is 12.6 Å². The molecule has 1 amide bonds. The van der Waals surface area contributed by atoms with Crippen LogP contribution in [0.25, 0.3) is 0 Å². The molecule has 2 nitrogen and oxygen atoms in total. The summed E-state index contributed by atoms with van der Waals surface area (Å²) in [6.45, 7) is 4.30. The lowest BCUT2D eigenvalue weighted by molar-refractivity contribution is -0.113. The van der Waals surface area contributed by atoms with Crippen molar-refractivity contribution < 1.29 is 4.79 Å². The number of para-hydroxylation sites is 1. The molecule has 0 saturated heterocycles. The molecule has 1 aromatic carbocycles. The van der Waals surface area contributed by atoms with E-state index in [1.165, 1.54) is 5.56 Å². The molecule has 0 aliphatic carbocycles. The summed E-state index contributed by atoms with van der Waals surface area (Å²) in [7, 11) is 0. The number of carbonyl (C=O) groups excluding carboxylic acids is 1. The summed E-state index contributed by atoms with van der Waals surface area (Å²) < 4.78 is 0. The van der Waals surface area contributed by atoms with Crippen molar-refractivity contribution in [1.29, 1.82) is 0 Å². The van der Waals surface area contributed by atoms with E-state index >= 15 is 0 Å². The van der Waals surface area contributed by atoms with Gasteiger partial charge in [0, 0.05) is 5.69 Å². The van der Waals surface area contributed by atoms with Crippen LogP contribution in [0.1, 0.15) is 31.7 Å². The molecule has 3 heteroatoms. The summed E-state index contributed by atoms with van der Waals surface area (Å²) in [6.07, 6.45) is 1.06. The summed E-state index contributed by atoms with van der Waals surface area (Å²) >= 11 is 3.94. The average molecular weight is 223 g/mol. The Balaban J connectivity index is 2.91. The number of thiol groups is 1. The zero-order valence-electron chi connectivity index (χ0n) is 9.16. The van der Waals surface area contributed by atoms with Crippen molar-refractivity contribution in [2.45, 2.75) is 26.2 Å². The van der Waals surface area contributed by atoms with Gasteiger partial charge in [0.05, 0.1) is 5.75 Å². The monoisotopic (exact) mass is 223 g/mol. The second kappa shape index (κ2) is 5.81. The van der Waals surface area contributed by atoms with Crippen LogP contribution in [0.4, 0.5) is 5.69 Å². The van der Waals surface area contributed by atoms with Crippen molar-refractivity contribution in [3.63, 3.8) is 0 Å². The molecule has 0 radical (unpaired) electrons. The van der Waals surface area contributed by atoms with Crippen LogP contribution in [0.15, 0.2) is 24.3 Å². The van der Waals surface area contributed by atoms with Gasteiger partial charge in [0.1, 0.15) is 0 Å². The second-order valence-corrected chi connectivity index (χ2v) is 3.92. The summed E-state index contributed by atoms with van der Waals surface area (Å²) in [6, 6.07) is 7.92. The lowest BCUT2D eigenvalue weighted by Gasteiger charge is -2.15. The Morgan fingerprint density at radius 3 is 2.73 bits per heavy atom. The molecular formula is C12H17NOS. The van der Waals surface area contributed by atoms with Crippen molar-refractivity contribution in [3.05, 3.63) is 29.8 Å². The van der Waals surface area contributed by atoms with Crippen LogP contribution in [0.3, 0.4) is 0 Å². The Labute approximate surface area is 96.5 Å². The third-order valence-electron chi connectivity index (χ3n) is 2.52. The molecule has 1 N–H and O–H groups in total. The molecule has 1 aromatic rings. The number of carbonyl (C=O) groups is 1. The first-order chi connectivity index (χ1) is 7.19. The molecule has 1 rings (SSSR count). The Morgan fingerprint density at radius 1 is 1.47 bits per heavy atom. The van der Waals surface area contributed by atoms with Crippen LogP contribution in [0.2, 0.25) is 0 Å². The highest BCUT2D eigenvalue weighted by molar-refractivity contribution is 7.81. The third kappa shape index (κ3) is 3.27. The van der Waals surface area contributed by atoms with Crippen LogP contribution >= 0.6 is 12.6 Å². The number of benzene rings is 1. The van der Waals surface area contributed by atoms with Crippen LogP contribution < -0.4 is 5.32 Å². The number of hydrogen-bond donors (Lipinski definition) is 2. The number of anilines is 1. The van der Waals surface area contributed by atoms with E-state index in [0.717, 1.165) is 12.1 Å². The molecule has 0 spiro atoms. The normalized spacial score (nSPS) is 12.2. The van der Waals surface area contributed by atoms with Crippen LogP contribution in [0.5, 0.6) is 0 Å². The van der Waals surface area contributed by atoms with Gasteiger partial charge in [-0.25, -0.2) is 0 Å². The molecule has 0 fully saturated rings. The zero-order chi connectivity index (χ0) is 11.3. The summed E-state index contributed by atoms with van der Waals surface area (Å²) in [5, 5.41) is 2.86. The number of nitrogens with one attached hydrogen (secondary N) is 1. The Hall–Kier alpha value is -0.960. The smallest absolute Gasteiger partial charge is 0.234 e. The highest BCUT2D eigenvalue weighted by atomic mass is 32.1. The van der Waals surface area contributed by atoms with Gasteiger partial charge in [-0.3, -0.25) is 4.79 Å². The first-order valence-electron chi connectivity index (χ1n) is 5.18. The van der Waals surface area contributed by atoms with Gasteiger partial charge in [0.2, 0.25) is 5.91 Å². The lowest BCUT2D eigenvalue weighted by atomic mass is 9.97. The van der Waals surface area contributed by atoms with E-state index in [4.69, 9.17) is 0 Å². The van der Waals surface area contributed by atoms with Gasteiger partial charge >= 0.3 is 0 Å². The number of rotatable bonds is 4. The van der Waals surface area contributed by atoms with Gasteiger partial charge in [0.15, 0.2) is 0 Å². The Bertz CT molecular complexity index is 338. The van der Waals surface area contributed by atoms with Crippen molar-refractivity contribution in [2.24, 2.45) is 0 Å². The lowest BCUT2D eigenvalue weighted by Crippen LogP contribution is -2.14. The van der Waals surface area contributed by atoms with E-state index in [0.29, 0.717) is 5.92 Å². The maximum absolute atomic E-state index is 11.3. The fraction of sp³-hybridized carbons (Fsp3) is 0.417. The standard InChI is InChI=1S/C12H17NOS/c1-3-9(2)10-6-4-5-7-11(10)13-12(14)8-15/h4-7,9,15H,3,8H2,1-2H3,(H,13,14). The Morgan fingerprint density at radius 2 is 2.13 bits per heavy atom. The molecule has 0 aliphatic heterocycles. The Kier molecular flexibility index (Phi) is 4.69. The number of amides is 1. The SMILES string of the molecule is CCC(C)c1ccccc1NC(=O)CS. The number of hydrogen-bond acceptors (Lipinski definition) is 2. The molecule has 15 heavy (non-hydrogen) atoms. The van der Waals surface area contributed by atoms with Crippen LogP contribution in [-0.2, 0) is 4.79 Å². The molecule has 0 saturated carbocycles. The first-order valence-corrected chi connectivity index (χ1v) is 5.82. The first kappa shape index (κ1) is 12.1. The molecule has 0 aliphatic rings. The molecule has 0 bridgehead atoms. The van der Waals surface area contributed by atoms with Gasteiger partial charge in [-0.05, 0) is 24.0 Å². The molecule has 1 unspecified atom stereocenters. The van der Waals surface area contributed by atoms with Crippen molar-refractivity contribution >= 4 is 24.2 Å². The van der Waals surface area contributed by atoms with Crippen molar-refractivity contribution in [1.82, 2.24) is 0 Å². The molecule has 0 heterocycles. The maximum atomic E-state index is 11.3. The molecule has 0 aromatic heterocycles. The second-order valence-electron chi connectivity index (χ2n) is 3.60. The molecule has 1 atom stereocenters. The predicted octanol–water partition coefficient (Wildman–Crippen LogP) is 3.07. The molecule has 82 valence electrons. The van der Waals surface area contributed by atoms with Crippen molar-refractivity contribution in [2.75, 3.05) is 11.1 Å². The summed E-state index contributed by atoms with van der Waals surface area (Å²) in [4.78, 5) is 11.3. The van der Waals surface area contributed by atoms with E-state index in [1.807, 2.05) is 18.2 Å². The van der Waals surface area contributed by atoms with Gasteiger partial charge in [-0.15, -0.1) is 0 Å². The highest BCUT2D eigenvalue weighted by Crippen LogP contribution is 2.26. The van der Waals surface area contributed by atoms with Crippen LogP contribution in [0, 0.1) is 0 Å². The van der Waals surface area contributed by atoms with Crippen LogP contribution in [-0.4, -0.2) is 11.7 Å². The third-order valence-corrected chi connectivity index (χ3v) is 2.81. The predicted molar refractivity (Wildman–Crippen MR) is 67.6 cm³/mol. The van der Waals surface area contributed by atoms with Gasteiger partial charge in [0.25, 0.3) is 0 Å². The minimum Gasteiger partial charge on any atom is -0.325 e. The van der Waals surface area contributed by atoms with E-state index in [9.17, 15) is 4.79 Å². The highest BCUT2D eigenvalue weighted by Gasteiger charge is 2.09. The fourth-order valence-electron chi connectivity index (χ4n) is 1.45. The maximum Gasteiger partial charge on any atom is 0.234 e. The van der Waals surface area contributed by atoms with E-state index in [-0.39, 0.29) is 11.7 Å². The van der Waals surface area contributed by atoms with Gasteiger partial charge in [-0.1, -0.05) is 32.0 Å². The molecular weight excluding hydrogens is 206 g/mol. The van der Waals surface area contributed by atoms with Crippen molar-refractivity contribution in [3.8, 4) is 0 Å². The quantitative estimate of drug-likeness (QED) is 0.755. The minimum atomic E-state index is -0.0610. The summed E-state index contributed by atoms with van der Waals surface area (Å²) in [5.74, 6) is 0.616. The van der Waals surface area contributed by atoms with E-state index in [1.54, 1.807) is 0 Å². The largest absolute Gasteiger partial charge is 0.325 e. The van der Waals surface area contributed by atoms with Gasteiger partial charge < -0.3 is 5.32 Å². The topological polar surface area (TPSA) is 29.1 Å². The van der Waals surface area contributed by atoms with E-state index < -0.39 is 0 Å². The zero-order valence-corrected chi connectivity index (χ0v) is 10.1. The summed E-state index contributed by atoms with van der Waals surface area (Å²) in [5.41, 5.74) is 2.10. The average Bonchev–Trinajstić information content (AvgIpc) is 2.28. The van der Waals surface area contributed by atoms with E-state index in [2.05, 4.69) is 37.9 Å². The fourth-order valence-corrected chi connectivity index (χ4v) is 1.53. The minimum absolute atomic E-state index is 0.0610.